The fraction of sp³-hybridized carbons (Fsp3) is 0.500. The Labute approximate surface area is 489 Å². The van der Waals surface area contributed by atoms with Crippen LogP contribution in [-0.4, -0.2) is 14.8 Å². The molecular weight excluding hydrogens is 996 g/mol. The highest BCUT2D eigenvalue weighted by atomic mass is 28.3. The molecule has 4 aliphatic carbocycles. The van der Waals surface area contributed by atoms with Crippen LogP contribution >= 0.6 is 0 Å². The summed E-state index contributed by atoms with van der Waals surface area (Å²) in [5.41, 5.74) is 27.8. The molecule has 8 aliphatic rings. The molecule has 5 heteroatoms. The van der Waals surface area contributed by atoms with Crippen molar-refractivity contribution in [2.24, 2.45) is 0 Å². The molecule has 6 aromatic carbocycles. The van der Waals surface area contributed by atoms with Gasteiger partial charge in [0, 0.05) is 39.2 Å². The van der Waals surface area contributed by atoms with Crippen molar-refractivity contribution in [3.63, 3.8) is 0 Å². The lowest BCUT2D eigenvalue weighted by molar-refractivity contribution is 0.325. The first-order valence-corrected chi connectivity index (χ1v) is 34.6. The standard InChI is InChI=1S/C76H93BN2OSi/c1-68(2,3)45-34-61-66-62(35-45)79-59-40-55-52(71(8,9)30-32-73(55,12)13)37-48(59)44-22-25-47(26-23-44)81(20,21)64-43-75(16,17)54-39-58(60(79)41-57(54)76(64,18)19)77(66)65-49-38-53-56(74(14,15)33-31-72(53,10)11)42-63(49)80-67(65)78(61)46-24-27-50-51(36-46)70(6,7)29-28-69(50,4)5/h22-27,34-42,64H,28-33,43H2,1-21H3. The summed E-state index contributed by atoms with van der Waals surface area (Å²) in [5, 5.41) is 2.84. The molecule has 1 unspecified atom stereocenters. The molecule has 0 saturated heterocycles. The first kappa shape index (κ1) is 53.7. The van der Waals surface area contributed by atoms with Crippen LogP contribution in [0.25, 0.3) is 22.1 Å². The maximum atomic E-state index is 7.86. The zero-order valence-electron chi connectivity index (χ0n) is 53.6. The molecule has 3 nitrogen and oxygen atoms in total. The van der Waals surface area contributed by atoms with Crippen LogP contribution in [-0.2, 0) is 48.7 Å². The number of fused-ring (bicyclic) bond motifs is 10. The van der Waals surface area contributed by atoms with Crippen molar-refractivity contribution in [1.82, 2.24) is 0 Å². The largest absolute Gasteiger partial charge is 0.440 e. The van der Waals surface area contributed by atoms with Gasteiger partial charge in [0.05, 0.1) is 13.8 Å². The highest BCUT2D eigenvalue weighted by molar-refractivity contribution is 7.01. The summed E-state index contributed by atoms with van der Waals surface area (Å²) in [5.74, 6) is 0.985. The average molecular weight is 1090 g/mol. The molecule has 0 saturated carbocycles. The predicted molar refractivity (Wildman–Crippen MR) is 352 cm³/mol. The predicted octanol–water partition coefficient (Wildman–Crippen LogP) is 18.8. The van der Waals surface area contributed by atoms with Gasteiger partial charge >= 0.3 is 0 Å². The molecule has 0 N–H and O–H groups in total. The number of anilines is 6. The van der Waals surface area contributed by atoms with Crippen LogP contribution in [0.5, 0.6) is 0 Å². The Morgan fingerprint density at radius 2 is 0.963 bits per heavy atom. The molecule has 1 aromatic heterocycles. The molecule has 7 aromatic rings. The minimum absolute atomic E-state index is 0.00113. The molecule has 15 rings (SSSR count). The van der Waals surface area contributed by atoms with Gasteiger partial charge in [-0.05, 0) is 220 Å². The molecular formula is C76H93BN2OSi. The van der Waals surface area contributed by atoms with Crippen molar-refractivity contribution in [1.29, 1.82) is 0 Å². The van der Waals surface area contributed by atoms with Crippen LogP contribution in [0.4, 0.5) is 34.3 Å². The number of nitrogens with zero attached hydrogens (tertiary/aromatic N) is 2. The van der Waals surface area contributed by atoms with E-state index >= 15 is 0 Å². The Hall–Kier alpha value is -5.26. The van der Waals surface area contributed by atoms with Crippen LogP contribution < -0.4 is 31.4 Å². The Bertz CT molecular complexity index is 3900. The van der Waals surface area contributed by atoms with E-state index in [2.05, 4.69) is 245 Å². The maximum Gasteiger partial charge on any atom is 0.257 e. The summed E-state index contributed by atoms with van der Waals surface area (Å²) < 4.78 is 7.86. The van der Waals surface area contributed by atoms with Gasteiger partial charge in [0.25, 0.3) is 6.71 Å². The lowest BCUT2D eigenvalue weighted by Gasteiger charge is -2.54. The molecule has 5 bridgehead atoms. The van der Waals surface area contributed by atoms with Crippen molar-refractivity contribution < 1.29 is 4.42 Å². The topological polar surface area (TPSA) is 19.6 Å². The molecule has 81 heavy (non-hydrogen) atoms. The Balaban J connectivity index is 1.19. The third kappa shape index (κ3) is 7.36. The smallest absolute Gasteiger partial charge is 0.257 e. The highest BCUT2D eigenvalue weighted by Crippen LogP contribution is 2.60. The van der Waals surface area contributed by atoms with Gasteiger partial charge in [0.2, 0.25) is 5.88 Å². The van der Waals surface area contributed by atoms with Crippen LogP contribution in [0.3, 0.4) is 0 Å². The molecule has 0 amide bonds. The minimum Gasteiger partial charge on any atom is -0.440 e. The average Bonchev–Trinajstić information content (AvgIpc) is 2.00. The second-order valence-corrected chi connectivity index (χ2v) is 38.8. The molecule has 0 fully saturated rings. The fourth-order valence-corrected chi connectivity index (χ4v) is 22.3. The second kappa shape index (κ2) is 16.1. The molecule has 4 aliphatic heterocycles. The summed E-state index contributed by atoms with van der Waals surface area (Å²) in [7, 11) is -2.09. The van der Waals surface area contributed by atoms with Crippen molar-refractivity contribution in [2.45, 2.75) is 244 Å². The van der Waals surface area contributed by atoms with Gasteiger partial charge in [-0.15, -0.1) is 0 Å². The summed E-state index contributed by atoms with van der Waals surface area (Å²) in [6.07, 6.45) is 8.14. The molecule has 0 spiro atoms. The van der Waals surface area contributed by atoms with E-state index in [0.29, 0.717) is 5.54 Å². The quantitative estimate of drug-likeness (QED) is 0.153. The van der Waals surface area contributed by atoms with Crippen molar-refractivity contribution >= 4 is 81.7 Å². The molecule has 5 heterocycles. The van der Waals surface area contributed by atoms with Crippen LogP contribution in [0.15, 0.2) is 95.4 Å². The fourth-order valence-electron chi connectivity index (χ4n) is 17.9. The number of benzene rings is 6. The van der Waals surface area contributed by atoms with Gasteiger partial charge in [-0.2, -0.15) is 0 Å². The van der Waals surface area contributed by atoms with Gasteiger partial charge < -0.3 is 9.32 Å². The Kier molecular flexibility index (Phi) is 10.7. The molecule has 420 valence electrons. The normalized spacial score (nSPS) is 23.5. The van der Waals surface area contributed by atoms with E-state index in [0.717, 1.165) is 43.6 Å². The zero-order chi connectivity index (χ0) is 57.9. The van der Waals surface area contributed by atoms with Crippen molar-refractivity contribution in [3.05, 3.63) is 141 Å². The van der Waals surface area contributed by atoms with E-state index in [4.69, 9.17) is 4.42 Å². The van der Waals surface area contributed by atoms with Gasteiger partial charge in [-0.1, -0.05) is 186 Å². The molecule has 1 atom stereocenters. The van der Waals surface area contributed by atoms with Gasteiger partial charge in [-0.3, -0.25) is 4.90 Å². The monoisotopic (exact) mass is 1090 g/mol. The first-order valence-electron chi connectivity index (χ1n) is 31.5. The third-order valence-corrected chi connectivity index (χ3v) is 28.3. The Morgan fingerprint density at radius 3 is 1.54 bits per heavy atom. The van der Waals surface area contributed by atoms with Crippen LogP contribution in [0.2, 0.25) is 18.6 Å². The van der Waals surface area contributed by atoms with Crippen LogP contribution in [0.1, 0.15) is 227 Å². The number of rotatable bonds is 1. The summed E-state index contributed by atoms with van der Waals surface area (Å²) in [4.78, 5) is 5.46. The zero-order valence-corrected chi connectivity index (χ0v) is 54.6. The van der Waals surface area contributed by atoms with E-state index in [-0.39, 0.29) is 55.4 Å². The lowest BCUT2D eigenvalue weighted by atomic mass is 9.33. The van der Waals surface area contributed by atoms with E-state index in [1.165, 1.54) is 124 Å². The lowest BCUT2D eigenvalue weighted by Crippen LogP contribution is -2.62. The number of hydrogen-bond donors (Lipinski definition) is 0. The molecule has 0 radical (unpaired) electrons. The number of furan rings is 1. The van der Waals surface area contributed by atoms with E-state index < -0.39 is 8.07 Å². The SMILES string of the molecule is CC(C)(C)c1cc2c3c(c1)N(c1ccc4c(c1)C(C)(C)CCC4(C)C)c1oc4cc5c(cc4c1B3c1cc3c4cc1N2c1cc2c(cc1-c1ccc(cc1)[Si](C)(C)C(CC3(C)C)C4(C)C)C(C)(C)CCC2(C)C)C(C)(C)CCC5(C)C. The van der Waals surface area contributed by atoms with E-state index in [1.807, 2.05) is 0 Å². The van der Waals surface area contributed by atoms with Gasteiger partial charge in [0.15, 0.2) is 0 Å². The summed E-state index contributed by atoms with van der Waals surface area (Å²) in [6.45, 7) is 52.8. The number of hydrogen-bond acceptors (Lipinski definition) is 3. The summed E-state index contributed by atoms with van der Waals surface area (Å²) >= 11 is 0. The van der Waals surface area contributed by atoms with Gasteiger partial charge in [-0.25, -0.2) is 0 Å². The summed E-state index contributed by atoms with van der Waals surface area (Å²) in [6, 6.07) is 39.1. The van der Waals surface area contributed by atoms with Crippen molar-refractivity contribution in [3.8, 4) is 11.1 Å². The maximum absolute atomic E-state index is 7.86. The third-order valence-electron chi connectivity index (χ3n) is 23.8. The Morgan fingerprint density at radius 1 is 0.469 bits per heavy atom. The highest BCUT2D eigenvalue weighted by Gasteiger charge is 2.55. The first-order chi connectivity index (χ1) is 37.5. The van der Waals surface area contributed by atoms with E-state index in [1.54, 1.807) is 5.19 Å². The minimum atomic E-state index is -2.09. The van der Waals surface area contributed by atoms with Crippen LogP contribution in [0, 0.1) is 0 Å². The van der Waals surface area contributed by atoms with E-state index in [9.17, 15) is 0 Å². The van der Waals surface area contributed by atoms with Crippen molar-refractivity contribution in [2.75, 3.05) is 9.80 Å². The second-order valence-electron chi connectivity index (χ2n) is 34.1. The van der Waals surface area contributed by atoms with Gasteiger partial charge in [0.1, 0.15) is 5.58 Å².